The molecule has 1 nitrogen and oxygen atoms in total. The second-order valence-corrected chi connectivity index (χ2v) is 6.07. The monoisotopic (exact) mass is 297 g/mol. The fraction of sp³-hybridized carbons (Fsp3) is 0.600. The highest BCUT2D eigenvalue weighted by Gasteiger charge is 2.12. The first-order valence-electron chi connectivity index (χ1n) is 6.39. The van der Waals surface area contributed by atoms with E-state index in [-0.39, 0.29) is 0 Å². The lowest BCUT2D eigenvalue weighted by Crippen LogP contribution is -2.17. The van der Waals surface area contributed by atoms with Gasteiger partial charge in [-0.1, -0.05) is 41.9 Å². The van der Waals surface area contributed by atoms with Crippen LogP contribution in [0.5, 0.6) is 0 Å². The van der Waals surface area contributed by atoms with Crippen molar-refractivity contribution < 1.29 is 0 Å². The minimum atomic E-state index is 0.475. The normalized spacial score (nSPS) is 13.1. The van der Waals surface area contributed by atoms with E-state index in [0.717, 1.165) is 5.92 Å². The summed E-state index contributed by atoms with van der Waals surface area (Å²) in [7, 11) is 2.05. The summed E-state index contributed by atoms with van der Waals surface area (Å²) in [5, 5.41) is 3.43. The van der Waals surface area contributed by atoms with Crippen molar-refractivity contribution in [2.24, 2.45) is 5.92 Å². The molecule has 0 spiro atoms. The van der Waals surface area contributed by atoms with Gasteiger partial charge in [-0.3, -0.25) is 0 Å². The first kappa shape index (κ1) is 14.7. The number of rotatable bonds is 5. The third-order valence-corrected chi connectivity index (χ3v) is 4.49. The van der Waals surface area contributed by atoms with Crippen LogP contribution in [0.25, 0.3) is 0 Å². The van der Waals surface area contributed by atoms with Gasteiger partial charge in [-0.15, -0.1) is 0 Å². The van der Waals surface area contributed by atoms with E-state index in [4.69, 9.17) is 0 Å². The Kier molecular flexibility index (Phi) is 5.68. The lowest BCUT2D eigenvalue weighted by atomic mass is 9.95. The summed E-state index contributed by atoms with van der Waals surface area (Å²) in [5.41, 5.74) is 4.06. The van der Waals surface area contributed by atoms with Crippen LogP contribution in [0.2, 0.25) is 0 Å². The Hall–Kier alpha value is -0.340. The van der Waals surface area contributed by atoms with Crippen LogP contribution in [0.3, 0.4) is 0 Å². The van der Waals surface area contributed by atoms with Crippen molar-refractivity contribution in [2.45, 2.75) is 46.6 Å². The van der Waals surface area contributed by atoms with Crippen molar-refractivity contribution >= 4 is 15.9 Å². The molecular weight excluding hydrogens is 274 g/mol. The summed E-state index contributed by atoms with van der Waals surface area (Å²) in [6.07, 6.45) is 2.47. The SMILES string of the molecule is CNC(CCC(C)C)c1cc(C)c(Br)c(C)c1. The Morgan fingerprint density at radius 3 is 2.06 bits per heavy atom. The van der Waals surface area contributed by atoms with E-state index in [1.807, 2.05) is 0 Å². The number of halogens is 1. The molecule has 1 atom stereocenters. The molecule has 96 valence electrons. The Balaban J connectivity index is 2.88. The zero-order chi connectivity index (χ0) is 13.0. The molecule has 1 unspecified atom stereocenters. The van der Waals surface area contributed by atoms with Gasteiger partial charge in [0.1, 0.15) is 0 Å². The van der Waals surface area contributed by atoms with Gasteiger partial charge in [0.15, 0.2) is 0 Å². The molecule has 1 N–H and O–H groups in total. The summed E-state index contributed by atoms with van der Waals surface area (Å²) in [5.74, 6) is 0.767. The van der Waals surface area contributed by atoms with E-state index >= 15 is 0 Å². The first-order chi connectivity index (χ1) is 7.95. The quantitative estimate of drug-likeness (QED) is 0.826. The number of hydrogen-bond donors (Lipinski definition) is 1. The molecule has 0 heterocycles. The third-order valence-electron chi connectivity index (χ3n) is 3.24. The van der Waals surface area contributed by atoms with Gasteiger partial charge in [0.25, 0.3) is 0 Å². The molecule has 0 aliphatic rings. The van der Waals surface area contributed by atoms with E-state index in [1.54, 1.807) is 0 Å². The molecule has 0 amide bonds. The molecule has 0 bridgehead atoms. The van der Waals surface area contributed by atoms with E-state index in [2.05, 4.69) is 68.1 Å². The highest BCUT2D eigenvalue weighted by molar-refractivity contribution is 9.10. The average molecular weight is 298 g/mol. The number of hydrogen-bond acceptors (Lipinski definition) is 1. The smallest absolute Gasteiger partial charge is 0.0317 e. The number of aryl methyl sites for hydroxylation is 2. The van der Waals surface area contributed by atoms with Gasteiger partial charge in [0.05, 0.1) is 0 Å². The van der Waals surface area contributed by atoms with Gasteiger partial charge in [-0.25, -0.2) is 0 Å². The first-order valence-corrected chi connectivity index (χ1v) is 7.19. The number of benzene rings is 1. The summed E-state index contributed by atoms with van der Waals surface area (Å²) < 4.78 is 1.24. The summed E-state index contributed by atoms with van der Waals surface area (Å²) in [4.78, 5) is 0. The number of nitrogens with one attached hydrogen (secondary N) is 1. The molecular formula is C15H24BrN. The molecule has 0 saturated heterocycles. The molecule has 0 radical (unpaired) electrons. The minimum absolute atomic E-state index is 0.475. The molecule has 1 aromatic carbocycles. The van der Waals surface area contributed by atoms with Crippen molar-refractivity contribution in [3.05, 3.63) is 33.3 Å². The average Bonchev–Trinajstić information content (AvgIpc) is 2.26. The topological polar surface area (TPSA) is 12.0 Å². The largest absolute Gasteiger partial charge is 0.313 e. The Bertz CT molecular complexity index is 348. The lowest BCUT2D eigenvalue weighted by molar-refractivity contribution is 0.464. The van der Waals surface area contributed by atoms with Crippen LogP contribution in [-0.4, -0.2) is 7.05 Å². The maximum absolute atomic E-state index is 3.63. The fourth-order valence-electron chi connectivity index (χ4n) is 2.16. The second kappa shape index (κ2) is 6.55. The van der Waals surface area contributed by atoms with Gasteiger partial charge in [0, 0.05) is 10.5 Å². The predicted molar refractivity (Wildman–Crippen MR) is 79.5 cm³/mol. The standard InChI is InChI=1S/C15H24BrN/c1-10(2)6-7-14(17-5)13-8-11(3)15(16)12(4)9-13/h8-10,14,17H,6-7H2,1-5H3. The molecule has 0 fully saturated rings. The van der Waals surface area contributed by atoms with Gasteiger partial charge >= 0.3 is 0 Å². The molecule has 1 aromatic rings. The van der Waals surface area contributed by atoms with E-state index in [1.165, 1.54) is 34.0 Å². The molecule has 2 heteroatoms. The van der Waals surface area contributed by atoms with Gasteiger partial charge in [-0.2, -0.15) is 0 Å². The molecule has 0 aliphatic heterocycles. The van der Waals surface area contributed by atoms with Crippen LogP contribution in [0, 0.1) is 19.8 Å². The predicted octanol–water partition coefficient (Wildman–Crippen LogP) is 4.76. The molecule has 1 rings (SSSR count). The Morgan fingerprint density at radius 2 is 1.65 bits per heavy atom. The highest BCUT2D eigenvalue weighted by atomic mass is 79.9. The van der Waals surface area contributed by atoms with Crippen LogP contribution < -0.4 is 5.32 Å². The second-order valence-electron chi connectivity index (χ2n) is 5.28. The van der Waals surface area contributed by atoms with Crippen LogP contribution in [0.4, 0.5) is 0 Å². The Morgan fingerprint density at radius 1 is 1.12 bits per heavy atom. The van der Waals surface area contributed by atoms with Crippen molar-refractivity contribution in [3.8, 4) is 0 Å². The fourth-order valence-corrected chi connectivity index (χ4v) is 2.39. The summed E-state index contributed by atoms with van der Waals surface area (Å²) in [6, 6.07) is 5.06. The zero-order valence-electron chi connectivity index (χ0n) is 11.6. The van der Waals surface area contributed by atoms with Crippen LogP contribution >= 0.6 is 15.9 Å². The van der Waals surface area contributed by atoms with Gasteiger partial charge in [-0.05, 0) is 56.3 Å². The summed E-state index contributed by atoms with van der Waals surface area (Å²) >= 11 is 3.63. The maximum Gasteiger partial charge on any atom is 0.0317 e. The third kappa shape index (κ3) is 4.11. The molecule has 17 heavy (non-hydrogen) atoms. The summed E-state index contributed by atoms with van der Waals surface area (Å²) in [6.45, 7) is 8.89. The molecule has 0 aliphatic carbocycles. The highest BCUT2D eigenvalue weighted by Crippen LogP contribution is 2.28. The van der Waals surface area contributed by atoms with Crippen LogP contribution in [0.15, 0.2) is 16.6 Å². The van der Waals surface area contributed by atoms with Crippen molar-refractivity contribution in [1.29, 1.82) is 0 Å². The maximum atomic E-state index is 3.63. The van der Waals surface area contributed by atoms with Crippen LogP contribution in [0.1, 0.15) is 49.4 Å². The zero-order valence-corrected chi connectivity index (χ0v) is 13.2. The van der Waals surface area contributed by atoms with Gasteiger partial charge in [0.2, 0.25) is 0 Å². The van der Waals surface area contributed by atoms with Crippen molar-refractivity contribution in [2.75, 3.05) is 7.05 Å². The Labute approximate surface area is 114 Å². The van der Waals surface area contributed by atoms with Gasteiger partial charge < -0.3 is 5.32 Å². The van der Waals surface area contributed by atoms with Crippen molar-refractivity contribution in [1.82, 2.24) is 5.32 Å². The molecule has 0 saturated carbocycles. The lowest BCUT2D eigenvalue weighted by Gasteiger charge is -2.19. The van der Waals surface area contributed by atoms with Crippen LogP contribution in [-0.2, 0) is 0 Å². The van der Waals surface area contributed by atoms with E-state index in [0.29, 0.717) is 6.04 Å². The van der Waals surface area contributed by atoms with Crippen molar-refractivity contribution in [3.63, 3.8) is 0 Å². The minimum Gasteiger partial charge on any atom is -0.313 e. The van der Waals surface area contributed by atoms with E-state index < -0.39 is 0 Å². The van der Waals surface area contributed by atoms with E-state index in [9.17, 15) is 0 Å². The molecule has 0 aromatic heterocycles.